The van der Waals surface area contributed by atoms with Crippen LogP contribution in [0, 0.1) is 6.57 Å². The Morgan fingerprint density at radius 3 is 2.35 bits per heavy atom. The van der Waals surface area contributed by atoms with E-state index in [2.05, 4.69) is 29.1 Å². The topological polar surface area (TPSA) is 309 Å². The second-order valence-corrected chi connectivity index (χ2v) is 13.4. The molecule has 2 saturated heterocycles. The van der Waals surface area contributed by atoms with Gasteiger partial charge in [0, 0.05) is 12.3 Å². The lowest BCUT2D eigenvalue weighted by atomic mass is 10.1. The molecule has 0 bridgehead atoms. The number of fused-ring (bicyclic) bond motifs is 1. The fourth-order valence-corrected chi connectivity index (χ4v) is 6.69. The minimum absolute atomic E-state index is 0.0898. The number of ether oxygens (including phenoxy) is 3. The largest absolute Gasteiger partial charge is 0.523 e. The fraction of sp³-hybridized carbons (Fsp3) is 0.565. The molecule has 280 valence electrons. The van der Waals surface area contributed by atoms with Crippen molar-refractivity contribution in [2.75, 3.05) is 32.1 Å². The third-order valence-electron chi connectivity index (χ3n) is 7.20. The van der Waals surface area contributed by atoms with E-state index in [0.717, 1.165) is 29.5 Å². The molecule has 10 atom stereocenters. The highest BCUT2D eigenvalue weighted by Gasteiger charge is 2.55. The molecule has 28 heteroatoms. The van der Waals surface area contributed by atoms with Crippen LogP contribution in [0.15, 0.2) is 34.5 Å². The number of hydrogen-bond acceptors (Lipinski definition) is 17. The second-order valence-electron chi connectivity index (χ2n) is 10.6. The van der Waals surface area contributed by atoms with Gasteiger partial charge in [-0.1, -0.05) is 0 Å². The smallest absolute Gasteiger partial charge is 0.387 e. The third-order valence-corrected chi connectivity index (χ3v) is 9.16. The van der Waals surface area contributed by atoms with Gasteiger partial charge in [-0.05, 0) is 0 Å². The van der Waals surface area contributed by atoms with Crippen molar-refractivity contribution in [2.24, 2.45) is 0 Å². The van der Waals surface area contributed by atoms with E-state index in [4.69, 9.17) is 35.4 Å². The van der Waals surface area contributed by atoms with Gasteiger partial charge in [0.05, 0.1) is 19.5 Å². The molecule has 0 aliphatic carbocycles. The molecule has 3 aromatic heterocycles. The van der Waals surface area contributed by atoms with Crippen molar-refractivity contribution in [3.05, 3.63) is 57.2 Å². The molecule has 5 heterocycles. The predicted molar refractivity (Wildman–Crippen MR) is 156 cm³/mol. The Balaban J connectivity index is 1.40. The van der Waals surface area contributed by atoms with Gasteiger partial charge in [0.1, 0.15) is 55.1 Å². The van der Waals surface area contributed by atoms with Crippen LogP contribution in [0.25, 0.3) is 16.0 Å². The van der Waals surface area contributed by atoms with Crippen LogP contribution in [0.2, 0.25) is 0 Å². The zero-order valence-corrected chi connectivity index (χ0v) is 27.1. The molecule has 0 amide bonds. The molecule has 4 unspecified atom stereocenters. The number of alkyl halides is 3. The van der Waals surface area contributed by atoms with Gasteiger partial charge in [-0.15, -0.1) is 13.2 Å². The van der Waals surface area contributed by atoms with E-state index in [1.54, 1.807) is 0 Å². The van der Waals surface area contributed by atoms with Crippen LogP contribution >= 0.6 is 15.6 Å². The van der Waals surface area contributed by atoms with E-state index in [0.29, 0.717) is 4.57 Å². The van der Waals surface area contributed by atoms with Crippen molar-refractivity contribution >= 4 is 32.6 Å². The monoisotopic (exact) mass is 774 g/mol. The number of nitrogens with two attached hydrogens (primary N) is 1. The Bertz CT molecular complexity index is 1970. The summed E-state index contributed by atoms with van der Waals surface area (Å²) in [5.41, 5.74) is 3.66. The highest BCUT2D eigenvalue weighted by Crippen LogP contribution is 2.52. The molecular formula is C23H27F3N8O15P2. The predicted octanol–water partition coefficient (Wildman–Crippen LogP) is -1.06. The van der Waals surface area contributed by atoms with Crippen LogP contribution in [-0.4, -0.2) is 118 Å². The maximum atomic E-state index is 13.8. The molecule has 2 aliphatic heterocycles. The lowest BCUT2D eigenvalue weighted by Crippen LogP contribution is -2.41. The minimum atomic E-state index is -5.57. The number of aliphatic hydroxyl groups is 2. The van der Waals surface area contributed by atoms with Crippen molar-refractivity contribution in [1.82, 2.24) is 29.1 Å². The fourth-order valence-electron chi connectivity index (χ4n) is 5.01. The number of hydrogen-bond donors (Lipinski definition) is 6. The van der Waals surface area contributed by atoms with Gasteiger partial charge in [0.25, 0.3) is 5.56 Å². The number of anilines is 1. The number of halogens is 3. The first-order valence-electron chi connectivity index (χ1n) is 14.2. The number of phosphoric acid groups is 2. The highest BCUT2D eigenvalue weighted by atomic mass is 31.2. The van der Waals surface area contributed by atoms with Crippen LogP contribution in [0.4, 0.5) is 19.0 Å². The first-order valence-corrected chi connectivity index (χ1v) is 17.2. The summed E-state index contributed by atoms with van der Waals surface area (Å²) in [5.74, 6) is -0.183. The Hall–Kier alpha value is -3.67. The van der Waals surface area contributed by atoms with E-state index >= 15 is 0 Å². The maximum absolute atomic E-state index is 13.8. The summed E-state index contributed by atoms with van der Waals surface area (Å²) in [5, 5.41) is 20.9. The molecule has 0 aromatic carbocycles. The number of aliphatic hydroxyl groups excluding tert-OH is 2. The quantitative estimate of drug-likeness (QED) is 0.0646. The van der Waals surface area contributed by atoms with Crippen LogP contribution in [0.5, 0.6) is 0 Å². The van der Waals surface area contributed by atoms with Gasteiger partial charge in [-0.25, -0.2) is 35.4 Å². The Morgan fingerprint density at radius 2 is 1.67 bits per heavy atom. The standard InChI is InChI=1S/C23H27F3N8O15P2/c1-28-3-5-43-50(39,40)44-7-11-16(17(48-23(24,25)26)21(47-11)34-9-31-13-18(27)29-8-30-19(13)34)49-51(41,42)45-6-10-14(36)15(37)20(46-10)33-4-2-12(35)32-22(33)38/h2,4,8-11,14-17,20-21,36-37H,3,5-7H2,(H,39,40)(H,41,42)(H2,27,29,30)(H,32,35,38)/t10-,11-,14?,15+,16?,17+,20-,21-/m1/s1. The van der Waals surface area contributed by atoms with E-state index in [9.17, 15) is 51.9 Å². The lowest BCUT2D eigenvalue weighted by Gasteiger charge is -2.27. The summed E-state index contributed by atoms with van der Waals surface area (Å²) in [6.45, 7) is 3.59. The van der Waals surface area contributed by atoms with Crippen molar-refractivity contribution in [2.45, 2.75) is 55.4 Å². The average Bonchev–Trinajstić information content (AvgIpc) is 3.69. The zero-order chi connectivity index (χ0) is 37.3. The molecule has 3 aromatic rings. The Kier molecular flexibility index (Phi) is 11.4. The van der Waals surface area contributed by atoms with E-state index in [1.165, 1.54) is 0 Å². The summed E-state index contributed by atoms with van der Waals surface area (Å²) < 4.78 is 103. The van der Waals surface area contributed by atoms with E-state index < -0.39 is 102 Å². The normalized spacial score (nSPS) is 29.1. The number of phosphoric ester groups is 2. The SMILES string of the molecule is [C-]#[N+]CCOP(=O)(O)OC[C@H]1O[C@@H](n2cnc3c(N)ncnc32)[C@@H](OC(F)(F)F)C1OP(=O)(O)OC[C@H]1O[C@@H](n2ccc(=O)[nH]c2=O)[C@@H](O)C1O. The van der Waals surface area contributed by atoms with Crippen molar-refractivity contribution in [1.29, 1.82) is 0 Å². The van der Waals surface area contributed by atoms with E-state index in [-0.39, 0.29) is 23.5 Å². The minimum Gasteiger partial charge on any atom is -0.387 e. The molecule has 2 fully saturated rings. The van der Waals surface area contributed by atoms with E-state index in [1.807, 2.05) is 4.98 Å². The molecule has 0 radical (unpaired) electrons. The molecule has 5 rings (SSSR count). The Labute approximate surface area is 281 Å². The molecule has 0 saturated carbocycles. The zero-order valence-electron chi connectivity index (χ0n) is 25.3. The summed E-state index contributed by atoms with van der Waals surface area (Å²) in [7, 11) is -10.6. The summed E-state index contributed by atoms with van der Waals surface area (Å²) in [6, 6.07) is 0.906. The van der Waals surface area contributed by atoms with Gasteiger partial charge in [-0.2, -0.15) is 0 Å². The average molecular weight is 774 g/mol. The van der Waals surface area contributed by atoms with Gasteiger partial charge < -0.3 is 40.1 Å². The lowest BCUT2D eigenvalue weighted by molar-refractivity contribution is -0.355. The number of nitrogens with zero attached hydrogens (tertiary/aromatic N) is 6. The summed E-state index contributed by atoms with van der Waals surface area (Å²) in [4.78, 5) is 60.6. The maximum Gasteiger partial charge on any atom is 0.523 e. The molecule has 2 aliphatic rings. The van der Waals surface area contributed by atoms with Gasteiger partial charge in [-0.3, -0.25) is 41.7 Å². The van der Waals surface area contributed by atoms with Crippen LogP contribution in [0.1, 0.15) is 12.5 Å². The molecule has 51 heavy (non-hydrogen) atoms. The van der Waals surface area contributed by atoms with Crippen molar-refractivity contribution in [3.8, 4) is 0 Å². The summed E-state index contributed by atoms with van der Waals surface area (Å²) in [6.07, 6.45) is -18.3. The number of imidazole rings is 1. The van der Waals surface area contributed by atoms with Gasteiger partial charge in [0.15, 0.2) is 23.9 Å². The van der Waals surface area contributed by atoms with Crippen LogP contribution < -0.4 is 17.0 Å². The number of rotatable bonds is 14. The molecule has 0 spiro atoms. The number of nitrogens with one attached hydrogen (secondary N) is 1. The number of aromatic nitrogens is 6. The van der Waals surface area contributed by atoms with Crippen molar-refractivity contribution < 1.29 is 74.6 Å². The number of aromatic amines is 1. The third kappa shape index (κ3) is 9.04. The first-order chi connectivity index (χ1) is 23.9. The summed E-state index contributed by atoms with van der Waals surface area (Å²) >= 11 is 0. The van der Waals surface area contributed by atoms with Gasteiger partial charge in [0.2, 0.25) is 6.54 Å². The number of H-pyrrole nitrogens is 1. The van der Waals surface area contributed by atoms with Crippen LogP contribution in [0.3, 0.4) is 0 Å². The molecular weight excluding hydrogens is 747 g/mol. The van der Waals surface area contributed by atoms with Crippen LogP contribution in [-0.2, 0) is 41.4 Å². The Morgan fingerprint density at radius 1 is 0.980 bits per heavy atom. The van der Waals surface area contributed by atoms with Gasteiger partial charge >= 0.3 is 27.7 Å². The van der Waals surface area contributed by atoms with Crippen molar-refractivity contribution in [3.63, 3.8) is 0 Å². The second kappa shape index (κ2) is 15.1. The molecule has 23 nitrogen and oxygen atoms in total. The number of nitrogen functional groups attached to an aromatic ring is 1. The molecule has 7 N–H and O–H groups in total. The highest BCUT2D eigenvalue weighted by molar-refractivity contribution is 7.47. The first kappa shape index (κ1) is 38.6.